The molecule has 1 nitrogen and oxygen atoms in total. The highest BCUT2D eigenvalue weighted by atomic mass is 19.3. The Bertz CT molecular complexity index is 88.4. The fourth-order valence-corrected chi connectivity index (χ4v) is 0.215. The molecule has 0 aliphatic rings. The summed E-state index contributed by atoms with van der Waals surface area (Å²) in [6.07, 6.45) is 0.278. The van der Waals surface area contributed by atoms with Crippen LogP contribution in [-0.2, 0) is 0 Å². The van der Waals surface area contributed by atoms with Gasteiger partial charge in [0.25, 0.3) is 6.43 Å². The SMILES string of the molecule is C=CC=NCC(F)F. The van der Waals surface area contributed by atoms with Crippen molar-refractivity contribution in [3.63, 3.8) is 0 Å². The molecule has 0 aliphatic heterocycles. The zero-order valence-corrected chi connectivity index (χ0v) is 4.35. The van der Waals surface area contributed by atoms with Gasteiger partial charge in [-0.1, -0.05) is 12.7 Å². The minimum absolute atomic E-state index is 0.425. The number of hydrogen-bond acceptors (Lipinski definition) is 1. The third-order valence-corrected chi connectivity index (χ3v) is 0.454. The molecule has 0 rings (SSSR count). The molecule has 0 fully saturated rings. The van der Waals surface area contributed by atoms with Gasteiger partial charge in [0.1, 0.15) is 0 Å². The fourth-order valence-electron chi connectivity index (χ4n) is 0.215. The summed E-state index contributed by atoms with van der Waals surface area (Å²) in [5.74, 6) is 0. The van der Waals surface area contributed by atoms with Gasteiger partial charge >= 0.3 is 0 Å². The maximum atomic E-state index is 11.2. The van der Waals surface area contributed by atoms with E-state index in [1.54, 1.807) is 0 Å². The van der Waals surface area contributed by atoms with Crippen LogP contribution in [0.25, 0.3) is 0 Å². The molecule has 46 valence electrons. The molecule has 0 N–H and O–H groups in total. The summed E-state index contributed by atoms with van der Waals surface area (Å²) in [7, 11) is 0. The van der Waals surface area contributed by atoms with Crippen LogP contribution in [0.3, 0.4) is 0 Å². The van der Waals surface area contributed by atoms with Crippen molar-refractivity contribution in [1.29, 1.82) is 0 Å². The third-order valence-electron chi connectivity index (χ3n) is 0.454. The van der Waals surface area contributed by atoms with Crippen LogP contribution < -0.4 is 0 Å². The number of alkyl halides is 2. The molecule has 8 heavy (non-hydrogen) atoms. The van der Waals surface area contributed by atoms with E-state index in [4.69, 9.17) is 0 Å². The predicted molar refractivity (Wildman–Crippen MR) is 29.6 cm³/mol. The standard InChI is InChI=1S/C5H7F2N/c1-2-3-8-4-5(6)7/h2-3,5H,1,4H2. The summed E-state index contributed by atoms with van der Waals surface area (Å²) >= 11 is 0. The van der Waals surface area contributed by atoms with Gasteiger partial charge in [-0.25, -0.2) is 8.78 Å². The van der Waals surface area contributed by atoms with E-state index in [2.05, 4.69) is 11.6 Å². The average Bonchev–Trinajstić information content (AvgIpc) is 1.66. The Morgan fingerprint density at radius 1 is 1.62 bits per heavy atom. The summed E-state index contributed by atoms with van der Waals surface area (Å²) in [4.78, 5) is 3.30. The molecule has 0 aromatic rings. The van der Waals surface area contributed by atoms with Gasteiger partial charge in [0.2, 0.25) is 0 Å². The van der Waals surface area contributed by atoms with Crippen molar-refractivity contribution in [2.45, 2.75) is 6.43 Å². The first-order chi connectivity index (χ1) is 3.77. The molecular weight excluding hydrogens is 112 g/mol. The lowest BCUT2D eigenvalue weighted by Crippen LogP contribution is -1.93. The number of allylic oxidation sites excluding steroid dienone is 1. The van der Waals surface area contributed by atoms with Gasteiger partial charge < -0.3 is 0 Å². The Morgan fingerprint density at radius 3 is 2.62 bits per heavy atom. The number of hydrogen-bond donors (Lipinski definition) is 0. The summed E-state index contributed by atoms with van der Waals surface area (Å²) in [5.41, 5.74) is 0. The van der Waals surface area contributed by atoms with Crippen LogP contribution in [0.4, 0.5) is 8.78 Å². The monoisotopic (exact) mass is 119 g/mol. The summed E-state index contributed by atoms with van der Waals surface area (Å²) < 4.78 is 22.4. The second-order valence-electron chi connectivity index (χ2n) is 1.14. The topological polar surface area (TPSA) is 12.4 Å². The molecule has 0 spiro atoms. The highest BCUT2D eigenvalue weighted by Crippen LogP contribution is 1.89. The number of aliphatic imine (C=N–C) groups is 1. The first-order valence-corrected chi connectivity index (χ1v) is 2.16. The van der Waals surface area contributed by atoms with E-state index < -0.39 is 13.0 Å². The van der Waals surface area contributed by atoms with Crippen LogP contribution in [0, 0.1) is 0 Å². The van der Waals surface area contributed by atoms with Crippen molar-refractivity contribution < 1.29 is 8.78 Å². The lowest BCUT2D eigenvalue weighted by atomic mass is 10.6. The molecule has 0 heterocycles. The summed E-state index contributed by atoms with van der Waals surface area (Å²) in [6.45, 7) is 2.84. The number of halogens is 2. The molecule has 0 aromatic carbocycles. The van der Waals surface area contributed by atoms with Gasteiger partial charge in [-0.15, -0.1) is 0 Å². The summed E-state index contributed by atoms with van der Waals surface area (Å²) in [6, 6.07) is 0. The van der Waals surface area contributed by atoms with E-state index in [1.807, 2.05) is 0 Å². The molecule has 0 aliphatic carbocycles. The van der Waals surface area contributed by atoms with Crippen LogP contribution in [0.15, 0.2) is 17.6 Å². The van der Waals surface area contributed by atoms with Gasteiger partial charge in [0.15, 0.2) is 0 Å². The maximum absolute atomic E-state index is 11.2. The second kappa shape index (κ2) is 4.43. The molecule has 0 saturated heterocycles. The Balaban J connectivity index is 3.15. The van der Waals surface area contributed by atoms with Crippen LogP contribution in [0.2, 0.25) is 0 Å². The minimum Gasteiger partial charge on any atom is -0.287 e. The van der Waals surface area contributed by atoms with Crippen LogP contribution in [0.5, 0.6) is 0 Å². The van der Waals surface area contributed by atoms with Gasteiger partial charge in [-0.05, 0) is 0 Å². The fraction of sp³-hybridized carbons (Fsp3) is 0.400. The van der Waals surface area contributed by atoms with E-state index >= 15 is 0 Å². The normalized spacial score (nSPS) is 10.9. The van der Waals surface area contributed by atoms with E-state index in [1.165, 1.54) is 12.3 Å². The lowest BCUT2D eigenvalue weighted by Gasteiger charge is -1.86. The molecule has 0 unspecified atom stereocenters. The number of rotatable bonds is 3. The Kier molecular flexibility index (Phi) is 4.03. The molecule has 0 saturated carbocycles. The van der Waals surface area contributed by atoms with Crippen molar-refractivity contribution in [2.75, 3.05) is 6.54 Å². The van der Waals surface area contributed by atoms with E-state index in [-0.39, 0.29) is 0 Å². The van der Waals surface area contributed by atoms with Gasteiger partial charge in [-0.2, -0.15) is 0 Å². The van der Waals surface area contributed by atoms with E-state index in [0.29, 0.717) is 0 Å². The first kappa shape index (κ1) is 7.27. The Morgan fingerprint density at radius 2 is 2.25 bits per heavy atom. The van der Waals surface area contributed by atoms with Gasteiger partial charge in [0, 0.05) is 6.21 Å². The zero-order chi connectivity index (χ0) is 6.41. The molecule has 0 radical (unpaired) electrons. The Hall–Kier alpha value is -0.730. The maximum Gasteiger partial charge on any atom is 0.257 e. The minimum atomic E-state index is -2.34. The second-order valence-corrected chi connectivity index (χ2v) is 1.14. The smallest absolute Gasteiger partial charge is 0.257 e. The molecule has 0 aromatic heterocycles. The van der Waals surface area contributed by atoms with E-state index in [9.17, 15) is 8.78 Å². The quantitative estimate of drug-likeness (QED) is 0.499. The molecule has 3 heteroatoms. The Labute approximate surface area is 46.7 Å². The van der Waals surface area contributed by atoms with Gasteiger partial charge in [-0.3, -0.25) is 4.99 Å². The molecule has 0 bridgehead atoms. The third kappa shape index (κ3) is 5.27. The lowest BCUT2D eigenvalue weighted by molar-refractivity contribution is 0.159. The van der Waals surface area contributed by atoms with Crippen LogP contribution in [0.1, 0.15) is 0 Å². The van der Waals surface area contributed by atoms with Crippen LogP contribution in [-0.4, -0.2) is 19.2 Å². The molecule has 0 amide bonds. The zero-order valence-electron chi connectivity index (χ0n) is 4.35. The predicted octanol–water partition coefficient (Wildman–Crippen LogP) is 1.51. The van der Waals surface area contributed by atoms with E-state index in [0.717, 1.165) is 0 Å². The van der Waals surface area contributed by atoms with Crippen molar-refractivity contribution in [3.05, 3.63) is 12.7 Å². The van der Waals surface area contributed by atoms with Crippen molar-refractivity contribution >= 4 is 6.21 Å². The van der Waals surface area contributed by atoms with Gasteiger partial charge in [0.05, 0.1) is 6.54 Å². The van der Waals surface area contributed by atoms with Crippen LogP contribution >= 0.6 is 0 Å². The average molecular weight is 119 g/mol. The molecule has 0 atom stereocenters. The molecular formula is C5H7F2N. The van der Waals surface area contributed by atoms with Crippen molar-refractivity contribution in [1.82, 2.24) is 0 Å². The van der Waals surface area contributed by atoms with Crippen molar-refractivity contribution in [3.8, 4) is 0 Å². The summed E-state index contributed by atoms with van der Waals surface area (Å²) in [5, 5.41) is 0. The highest BCUT2D eigenvalue weighted by Gasteiger charge is 1.95. The largest absolute Gasteiger partial charge is 0.287 e. The first-order valence-electron chi connectivity index (χ1n) is 2.16. The van der Waals surface area contributed by atoms with Crippen molar-refractivity contribution in [2.24, 2.45) is 4.99 Å². The highest BCUT2D eigenvalue weighted by molar-refractivity contribution is 5.69. The number of nitrogens with zero attached hydrogens (tertiary/aromatic N) is 1.